The summed E-state index contributed by atoms with van der Waals surface area (Å²) in [6, 6.07) is 25.6. The summed E-state index contributed by atoms with van der Waals surface area (Å²) in [5.74, 6) is 0. The van der Waals surface area contributed by atoms with Crippen LogP contribution < -0.4 is 0 Å². The molecule has 138 valence electrons. The maximum atomic E-state index is 13.6. The lowest BCUT2D eigenvalue weighted by Gasteiger charge is -2.28. The minimum Gasteiger partial charge on any atom is -0.356 e. The van der Waals surface area contributed by atoms with Crippen molar-refractivity contribution < 1.29 is 13.2 Å². The third-order valence-corrected chi connectivity index (χ3v) is 6.77. The molecule has 4 nitrogen and oxygen atoms in total. The van der Waals surface area contributed by atoms with Gasteiger partial charge in [0, 0.05) is 0 Å². The lowest BCUT2D eigenvalue weighted by Crippen LogP contribution is -2.34. The fourth-order valence-corrected chi connectivity index (χ4v) is 5.24. The van der Waals surface area contributed by atoms with Crippen LogP contribution in [0, 0.1) is 6.92 Å². The van der Waals surface area contributed by atoms with Crippen molar-refractivity contribution >= 4 is 10.0 Å². The average Bonchev–Trinajstić information content (AvgIpc) is 3.15. The van der Waals surface area contributed by atoms with Crippen molar-refractivity contribution in [2.24, 2.45) is 0 Å². The van der Waals surface area contributed by atoms with E-state index >= 15 is 0 Å². The molecule has 27 heavy (non-hydrogen) atoms. The van der Waals surface area contributed by atoms with Crippen molar-refractivity contribution in [3.05, 3.63) is 102 Å². The third-order valence-electron chi connectivity index (χ3n) is 4.90. The summed E-state index contributed by atoms with van der Waals surface area (Å²) in [7, 11) is -3.74. The Morgan fingerprint density at radius 2 is 1.44 bits per heavy atom. The highest BCUT2D eigenvalue weighted by molar-refractivity contribution is 7.89. The number of sulfonamides is 1. The van der Waals surface area contributed by atoms with E-state index in [-0.39, 0.29) is 10.9 Å². The van der Waals surface area contributed by atoms with Gasteiger partial charge in [-0.2, -0.15) is 4.31 Å². The van der Waals surface area contributed by atoms with Crippen molar-refractivity contribution in [3.63, 3.8) is 0 Å². The lowest BCUT2D eigenvalue weighted by molar-refractivity contribution is 0.0681. The fourth-order valence-electron chi connectivity index (χ4n) is 3.55. The van der Waals surface area contributed by atoms with E-state index in [4.69, 9.17) is 4.74 Å². The first-order chi connectivity index (χ1) is 13.1. The van der Waals surface area contributed by atoms with Gasteiger partial charge in [0.2, 0.25) is 10.0 Å². The molecule has 0 bridgehead atoms. The van der Waals surface area contributed by atoms with E-state index in [1.807, 2.05) is 67.6 Å². The molecule has 0 amide bonds. The van der Waals surface area contributed by atoms with Gasteiger partial charge in [0.25, 0.3) is 0 Å². The number of benzene rings is 3. The summed E-state index contributed by atoms with van der Waals surface area (Å²) in [4.78, 5) is 0.273. The van der Waals surface area contributed by atoms with Gasteiger partial charge in [0.15, 0.2) is 6.23 Å². The quantitative estimate of drug-likeness (QED) is 0.673. The molecule has 0 radical (unpaired) electrons. The molecule has 0 N–H and O–H groups in total. The van der Waals surface area contributed by atoms with Crippen LogP contribution in [0.25, 0.3) is 0 Å². The molecular weight excluding hydrogens is 358 g/mol. The number of aryl methyl sites for hydroxylation is 1. The Kier molecular flexibility index (Phi) is 4.83. The standard InChI is InChI=1S/C22H21NO3S/c1-17-10-8-9-15-20(17)21-16-26-22(18-11-4-2-5-12-18)23(21)27(24,25)19-13-6-3-7-14-19/h2-15,21-22H,16H2,1H3. The topological polar surface area (TPSA) is 46.6 Å². The molecule has 1 aliphatic heterocycles. The molecule has 1 heterocycles. The first-order valence-electron chi connectivity index (χ1n) is 8.90. The van der Waals surface area contributed by atoms with Crippen molar-refractivity contribution in [1.82, 2.24) is 4.31 Å². The van der Waals surface area contributed by atoms with Gasteiger partial charge in [-0.15, -0.1) is 0 Å². The molecule has 0 aromatic heterocycles. The molecule has 4 rings (SSSR count). The number of hydrogen-bond acceptors (Lipinski definition) is 3. The maximum Gasteiger partial charge on any atom is 0.246 e. The monoisotopic (exact) mass is 379 g/mol. The molecule has 1 aliphatic rings. The van der Waals surface area contributed by atoms with Crippen LogP contribution in [0.15, 0.2) is 89.8 Å². The van der Waals surface area contributed by atoms with Crippen LogP contribution in [0.1, 0.15) is 29.0 Å². The zero-order valence-corrected chi connectivity index (χ0v) is 15.8. The van der Waals surface area contributed by atoms with Gasteiger partial charge >= 0.3 is 0 Å². The normalized spacial score (nSPS) is 20.6. The van der Waals surface area contributed by atoms with E-state index in [1.54, 1.807) is 24.3 Å². The van der Waals surface area contributed by atoms with E-state index in [9.17, 15) is 8.42 Å². The van der Waals surface area contributed by atoms with E-state index in [0.717, 1.165) is 16.7 Å². The fraction of sp³-hybridized carbons (Fsp3) is 0.182. The Labute approximate surface area is 160 Å². The maximum absolute atomic E-state index is 13.6. The zero-order valence-electron chi connectivity index (χ0n) is 15.0. The summed E-state index contributed by atoms with van der Waals surface area (Å²) < 4.78 is 34.7. The number of ether oxygens (including phenoxy) is 1. The molecule has 0 spiro atoms. The molecule has 1 saturated heterocycles. The molecule has 0 aliphatic carbocycles. The third kappa shape index (κ3) is 3.30. The molecule has 3 aromatic carbocycles. The van der Waals surface area contributed by atoms with Gasteiger partial charge < -0.3 is 4.74 Å². The Balaban J connectivity index is 1.85. The van der Waals surface area contributed by atoms with Gasteiger partial charge in [0.1, 0.15) is 0 Å². The SMILES string of the molecule is Cc1ccccc1C1COC(c2ccccc2)N1S(=O)(=O)c1ccccc1. The van der Waals surface area contributed by atoms with Gasteiger partial charge in [-0.1, -0.05) is 72.8 Å². The molecule has 0 saturated carbocycles. The van der Waals surface area contributed by atoms with Crippen LogP contribution >= 0.6 is 0 Å². The molecule has 5 heteroatoms. The van der Waals surface area contributed by atoms with Gasteiger partial charge in [-0.05, 0) is 35.7 Å². The second kappa shape index (κ2) is 7.27. The summed E-state index contributed by atoms with van der Waals surface area (Å²) >= 11 is 0. The van der Waals surface area contributed by atoms with Crippen molar-refractivity contribution in [2.75, 3.05) is 6.61 Å². The first-order valence-corrected chi connectivity index (χ1v) is 10.3. The highest BCUT2D eigenvalue weighted by atomic mass is 32.2. The smallest absolute Gasteiger partial charge is 0.246 e. The summed E-state index contributed by atoms with van der Waals surface area (Å²) in [5, 5.41) is 0. The highest BCUT2D eigenvalue weighted by Crippen LogP contribution is 2.43. The summed E-state index contributed by atoms with van der Waals surface area (Å²) in [6.07, 6.45) is -0.652. The predicted molar refractivity (Wildman–Crippen MR) is 105 cm³/mol. The molecule has 3 aromatic rings. The van der Waals surface area contributed by atoms with Crippen molar-refractivity contribution in [3.8, 4) is 0 Å². The Morgan fingerprint density at radius 1 is 0.852 bits per heavy atom. The zero-order chi connectivity index (χ0) is 18.9. The van der Waals surface area contributed by atoms with Crippen LogP contribution in [0.5, 0.6) is 0 Å². The van der Waals surface area contributed by atoms with Crippen LogP contribution in [0.2, 0.25) is 0 Å². The van der Waals surface area contributed by atoms with Crippen LogP contribution in [0.4, 0.5) is 0 Å². The second-order valence-corrected chi connectivity index (χ2v) is 8.46. The molecule has 2 atom stereocenters. The average molecular weight is 379 g/mol. The van der Waals surface area contributed by atoms with Gasteiger partial charge in [-0.25, -0.2) is 8.42 Å². The molecular formula is C22H21NO3S. The first kappa shape index (κ1) is 17.9. The lowest BCUT2D eigenvalue weighted by atomic mass is 10.0. The van der Waals surface area contributed by atoms with E-state index < -0.39 is 16.3 Å². The van der Waals surface area contributed by atoms with Crippen molar-refractivity contribution in [1.29, 1.82) is 0 Å². The second-order valence-electron chi connectivity index (χ2n) is 6.62. The van der Waals surface area contributed by atoms with Crippen molar-refractivity contribution in [2.45, 2.75) is 24.1 Å². The largest absolute Gasteiger partial charge is 0.356 e. The minimum absolute atomic E-state index is 0.273. The van der Waals surface area contributed by atoms with E-state index in [2.05, 4.69) is 0 Å². The number of nitrogens with zero attached hydrogens (tertiary/aromatic N) is 1. The Morgan fingerprint density at radius 3 is 2.11 bits per heavy atom. The van der Waals surface area contributed by atoms with Crippen LogP contribution in [-0.2, 0) is 14.8 Å². The molecule has 1 fully saturated rings. The number of hydrogen-bond donors (Lipinski definition) is 0. The molecule has 2 unspecified atom stereocenters. The Hall–Kier alpha value is -2.47. The van der Waals surface area contributed by atoms with E-state index in [0.29, 0.717) is 6.61 Å². The van der Waals surface area contributed by atoms with Gasteiger partial charge in [0.05, 0.1) is 17.5 Å². The number of rotatable bonds is 4. The van der Waals surface area contributed by atoms with Crippen LogP contribution in [-0.4, -0.2) is 19.3 Å². The van der Waals surface area contributed by atoms with Crippen LogP contribution in [0.3, 0.4) is 0 Å². The Bertz CT molecular complexity index is 1020. The predicted octanol–water partition coefficient (Wildman–Crippen LogP) is 4.46. The summed E-state index contributed by atoms with van der Waals surface area (Å²) in [6.45, 7) is 2.31. The van der Waals surface area contributed by atoms with Gasteiger partial charge in [-0.3, -0.25) is 0 Å². The summed E-state index contributed by atoms with van der Waals surface area (Å²) in [5.41, 5.74) is 2.84. The highest BCUT2D eigenvalue weighted by Gasteiger charge is 2.45. The minimum atomic E-state index is -3.74. The van der Waals surface area contributed by atoms with E-state index in [1.165, 1.54) is 4.31 Å².